The minimum Gasteiger partial charge on any atom is -0.494 e. The van der Waals surface area contributed by atoms with Crippen molar-refractivity contribution in [2.24, 2.45) is 0 Å². The van der Waals surface area contributed by atoms with Gasteiger partial charge in [-0.25, -0.2) is 8.42 Å². The van der Waals surface area contributed by atoms with Crippen LogP contribution < -0.4 is 9.04 Å². The van der Waals surface area contributed by atoms with E-state index in [-0.39, 0.29) is 4.90 Å². The Hall–Kier alpha value is -2.54. The molecule has 0 radical (unpaired) electrons. The Morgan fingerprint density at radius 2 is 1.69 bits per heavy atom. The lowest BCUT2D eigenvalue weighted by Gasteiger charge is -2.25. The number of anilines is 1. The molecule has 0 saturated carbocycles. The number of carbonyl (C=O) groups excluding carboxylic acids is 1. The number of hydrogen-bond acceptors (Lipinski definition) is 5. The van der Waals surface area contributed by atoms with Crippen LogP contribution in [0.4, 0.5) is 5.69 Å². The van der Waals surface area contributed by atoms with E-state index in [0.29, 0.717) is 24.5 Å². The molecule has 0 bridgehead atoms. The summed E-state index contributed by atoms with van der Waals surface area (Å²) in [6.45, 7) is 3.87. The molecule has 2 rings (SSSR count). The summed E-state index contributed by atoms with van der Waals surface area (Å²) in [7, 11) is -2.71. The van der Waals surface area contributed by atoms with Gasteiger partial charge in [-0.15, -0.1) is 0 Å². The number of nitrogens with zero attached hydrogens (tertiary/aromatic N) is 1. The van der Waals surface area contributed by atoms with E-state index in [1.807, 2.05) is 26.0 Å². The summed E-state index contributed by atoms with van der Waals surface area (Å²) >= 11 is 0. The maximum Gasteiger partial charge on any atom is 0.326 e. The molecule has 0 saturated heterocycles. The number of benzene rings is 2. The van der Waals surface area contributed by atoms with E-state index in [2.05, 4.69) is 0 Å². The van der Waals surface area contributed by atoms with Gasteiger partial charge in [0.1, 0.15) is 12.3 Å². The first-order chi connectivity index (χ1) is 12.4. The SMILES string of the molecule is CCOc1ccc(S(=O)(=O)N(CC(=O)OC)c2ccccc2CC)cc1. The molecule has 0 amide bonds. The Bertz CT molecular complexity index is 846. The van der Waals surface area contributed by atoms with Crippen LogP contribution in [0.3, 0.4) is 0 Å². The van der Waals surface area contributed by atoms with Crippen LogP contribution >= 0.6 is 0 Å². The zero-order valence-electron chi connectivity index (χ0n) is 15.1. The fourth-order valence-electron chi connectivity index (χ4n) is 2.54. The molecule has 0 unspecified atom stereocenters. The highest BCUT2D eigenvalue weighted by molar-refractivity contribution is 7.92. The van der Waals surface area contributed by atoms with Crippen LogP contribution in [0.2, 0.25) is 0 Å². The van der Waals surface area contributed by atoms with Gasteiger partial charge >= 0.3 is 5.97 Å². The molecule has 0 aromatic heterocycles. The Morgan fingerprint density at radius 3 is 2.27 bits per heavy atom. The van der Waals surface area contributed by atoms with E-state index in [0.717, 1.165) is 9.87 Å². The van der Waals surface area contributed by atoms with Crippen molar-refractivity contribution in [1.82, 2.24) is 0 Å². The maximum atomic E-state index is 13.2. The van der Waals surface area contributed by atoms with Gasteiger partial charge in [-0.2, -0.15) is 0 Å². The highest BCUT2D eigenvalue weighted by Gasteiger charge is 2.28. The van der Waals surface area contributed by atoms with Gasteiger partial charge in [0.05, 0.1) is 24.3 Å². The first-order valence-electron chi connectivity index (χ1n) is 8.34. The molecule has 0 aliphatic carbocycles. The monoisotopic (exact) mass is 377 g/mol. The van der Waals surface area contributed by atoms with Crippen molar-refractivity contribution in [3.05, 3.63) is 54.1 Å². The van der Waals surface area contributed by atoms with Crippen molar-refractivity contribution in [3.63, 3.8) is 0 Å². The number of para-hydroxylation sites is 1. The smallest absolute Gasteiger partial charge is 0.326 e. The van der Waals surface area contributed by atoms with Crippen molar-refractivity contribution < 1.29 is 22.7 Å². The minimum absolute atomic E-state index is 0.0794. The number of esters is 1. The van der Waals surface area contributed by atoms with Gasteiger partial charge in [-0.3, -0.25) is 9.10 Å². The van der Waals surface area contributed by atoms with Crippen molar-refractivity contribution >= 4 is 21.7 Å². The summed E-state index contributed by atoms with van der Waals surface area (Å²) in [5, 5.41) is 0. The van der Waals surface area contributed by atoms with Crippen molar-refractivity contribution in [2.45, 2.75) is 25.2 Å². The van der Waals surface area contributed by atoms with E-state index < -0.39 is 22.5 Å². The molecule has 0 spiro atoms. The van der Waals surface area contributed by atoms with Gasteiger partial charge < -0.3 is 9.47 Å². The topological polar surface area (TPSA) is 72.9 Å². The summed E-state index contributed by atoms with van der Waals surface area (Å²) < 4.78 is 37.5. The first kappa shape index (κ1) is 19.8. The standard InChI is InChI=1S/C19H23NO5S/c1-4-15-8-6-7-9-18(15)20(14-19(21)24-3)26(22,23)17-12-10-16(11-13-17)25-5-2/h6-13H,4-5,14H2,1-3H3. The van der Waals surface area contributed by atoms with E-state index in [1.165, 1.54) is 19.2 Å². The van der Waals surface area contributed by atoms with E-state index in [9.17, 15) is 13.2 Å². The van der Waals surface area contributed by atoms with Crippen LogP contribution in [0.15, 0.2) is 53.4 Å². The summed E-state index contributed by atoms with van der Waals surface area (Å²) in [5.74, 6) is -0.0506. The number of methoxy groups -OCH3 is 1. The fraction of sp³-hybridized carbons (Fsp3) is 0.316. The zero-order valence-corrected chi connectivity index (χ0v) is 16.0. The third-order valence-electron chi connectivity index (χ3n) is 3.86. The Labute approximate surface area is 154 Å². The third-order valence-corrected chi connectivity index (χ3v) is 5.64. The summed E-state index contributed by atoms with van der Waals surface area (Å²) in [6.07, 6.45) is 0.632. The predicted molar refractivity (Wildman–Crippen MR) is 100.0 cm³/mol. The van der Waals surface area contributed by atoms with Gasteiger partial charge in [0.15, 0.2) is 0 Å². The predicted octanol–water partition coefficient (Wildman–Crippen LogP) is 3.02. The second kappa shape index (κ2) is 8.71. The summed E-state index contributed by atoms with van der Waals surface area (Å²) in [6, 6.07) is 13.2. The number of carbonyl (C=O) groups is 1. The van der Waals surface area contributed by atoms with Crippen LogP contribution in [0, 0.1) is 0 Å². The van der Waals surface area contributed by atoms with Gasteiger partial charge in [0, 0.05) is 0 Å². The van der Waals surface area contributed by atoms with Crippen molar-refractivity contribution in [3.8, 4) is 5.75 Å². The molecular formula is C19H23NO5S. The molecule has 0 atom stereocenters. The van der Waals surface area contributed by atoms with Gasteiger partial charge in [0.25, 0.3) is 10.0 Å². The van der Waals surface area contributed by atoms with Gasteiger partial charge in [-0.1, -0.05) is 25.1 Å². The summed E-state index contributed by atoms with van der Waals surface area (Å²) in [5.41, 5.74) is 1.29. The zero-order chi connectivity index (χ0) is 19.2. The molecule has 0 heterocycles. The number of hydrogen-bond donors (Lipinski definition) is 0. The van der Waals surface area contributed by atoms with Gasteiger partial charge in [-0.05, 0) is 49.2 Å². The lowest BCUT2D eigenvalue weighted by atomic mass is 10.1. The second-order valence-corrected chi connectivity index (χ2v) is 7.34. The van der Waals surface area contributed by atoms with E-state index >= 15 is 0 Å². The van der Waals surface area contributed by atoms with Crippen LogP contribution in [0.5, 0.6) is 5.75 Å². The lowest BCUT2D eigenvalue weighted by Crippen LogP contribution is -2.37. The third kappa shape index (κ3) is 4.35. The first-order valence-corrected chi connectivity index (χ1v) is 9.78. The molecule has 2 aromatic rings. The van der Waals surface area contributed by atoms with Crippen LogP contribution in [-0.4, -0.2) is 34.6 Å². The normalized spacial score (nSPS) is 11.0. The molecule has 0 aliphatic heterocycles. The van der Waals surface area contributed by atoms with Crippen LogP contribution in [0.25, 0.3) is 0 Å². The molecule has 2 aromatic carbocycles. The second-order valence-electron chi connectivity index (χ2n) is 5.47. The number of rotatable bonds is 8. The molecule has 26 heavy (non-hydrogen) atoms. The van der Waals surface area contributed by atoms with Gasteiger partial charge in [0.2, 0.25) is 0 Å². The number of ether oxygens (including phenoxy) is 2. The maximum absolute atomic E-state index is 13.2. The highest BCUT2D eigenvalue weighted by Crippen LogP contribution is 2.28. The van der Waals surface area contributed by atoms with Crippen molar-refractivity contribution in [1.29, 1.82) is 0 Å². The Balaban J connectivity index is 2.50. The quantitative estimate of drug-likeness (QED) is 0.661. The van der Waals surface area contributed by atoms with Crippen LogP contribution in [0.1, 0.15) is 19.4 Å². The molecule has 7 heteroatoms. The molecule has 140 valence electrons. The number of sulfonamides is 1. The molecule has 0 fully saturated rings. The molecular weight excluding hydrogens is 354 g/mol. The number of aryl methyl sites for hydroxylation is 1. The van der Waals surface area contributed by atoms with Crippen molar-refractivity contribution in [2.75, 3.05) is 24.6 Å². The fourth-order valence-corrected chi connectivity index (χ4v) is 3.98. The highest BCUT2D eigenvalue weighted by atomic mass is 32.2. The molecule has 0 aliphatic rings. The molecule has 0 N–H and O–H groups in total. The minimum atomic E-state index is -3.95. The Morgan fingerprint density at radius 1 is 1.04 bits per heavy atom. The lowest BCUT2D eigenvalue weighted by molar-refractivity contribution is -0.138. The average molecular weight is 377 g/mol. The average Bonchev–Trinajstić information content (AvgIpc) is 2.66. The van der Waals surface area contributed by atoms with E-state index in [1.54, 1.807) is 24.3 Å². The largest absolute Gasteiger partial charge is 0.494 e. The van der Waals surface area contributed by atoms with Crippen LogP contribution in [-0.2, 0) is 26.0 Å². The van der Waals surface area contributed by atoms with E-state index in [4.69, 9.17) is 9.47 Å². The summed E-state index contributed by atoms with van der Waals surface area (Å²) in [4.78, 5) is 11.9. The Kier molecular flexibility index (Phi) is 6.63. The molecule has 6 nitrogen and oxygen atoms in total.